The van der Waals surface area contributed by atoms with Gasteiger partial charge in [-0.25, -0.2) is 0 Å². The second-order valence-electron chi connectivity index (χ2n) is 4.70. The third-order valence-electron chi connectivity index (χ3n) is 3.45. The molecule has 1 atom stereocenters. The molecule has 4 nitrogen and oxygen atoms in total. The highest BCUT2D eigenvalue weighted by Gasteiger charge is 2.20. The molecule has 0 spiro atoms. The van der Waals surface area contributed by atoms with Crippen LogP contribution in [0.3, 0.4) is 0 Å². The summed E-state index contributed by atoms with van der Waals surface area (Å²) in [6, 6.07) is 14.8. The number of aliphatic hydroxyl groups excluding tert-OH is 1. The van der Waals surface area contributed by atoms with Gasteiger partial charge in [-0.1, -0.05) is 18.2 Å². The van der Waals surface area contributed by atoms with Crippen LogP contribution in [-0.4, -0.2) is 19.3 Å². The smallest absolute Gasteiger partial charge is 0.140 e. The molecule has 1 N–H and O–H groups in total. The predicted molar refractivity (Wildman–Crippen MR) is 79.8 cm³/mol. The van der Waals surface area contributed by atoms with Gasteiger partial charge in [0.25, 0.3) is 0 Å². The molecule has 3 aromatic rings. The minimum atomic E-state index is -0.914. The minimum absolute atomic E-state index is 0.475. The molecule has 0 aliphatic rings. The predicted octanol–water partition coefficient (Wildman–Crippen LogP) is 3.53. The van der Waals surface area contributed by atoms with Crippen LogP contribution in [-0.2, 0) is 0 Å². The van der Waals surface area contributed by atoms with Crippen molar-refractivity contribution in [2.75, 3.05) is 14.2 Å². The zero-order chi connectivity index (χ0) is 14.8. The molecule has 1 unspecified atom stereocenters. The molecule has 3 rings (SSSR count). The Morgan fingerprint density at radius 1 is 1.00 bits per heavy atom. The van der Waals surface area contributed by atoms with Crippen molar-refractivity contribution < 1.29 is 19.0 Å². The lowest BCUT2D eigenvalue weighted by atomic mass is 10.1. The summed E-state index contributed by atoms with van der Waals surface area (Å²) in [5.74, 6) is 1.72. The Labute approximate surface area is 122 Å². The van der Waals surface area contributed by atoms with Gasteiger partial charge in [-0.3, -0.25) is 0 Å². The highest BCUT2D eigenvalue weighted by atomic mass is 16.5. The number of fused-ring (bicyclic) bond motifs is 1. The lowest BCUT2D eigenvalue weighted by Crippen LogP contribution is -2.02. The first-order chi connectivity index (χ1) is 10.2. The Balaban J connectivity index is 2.06. The quantitative estimate of drug-likeness (QED) is 0.796. The van der Waals surface area contributed by atoms with Crippen molar-refractivity contribution in [3.05, 3.63) is 59.9 Å². The molecule has 2 aromatic carbocycles. The van der Waals surface area contributed by atoms with Crippen LogP contribution < -0.4 is 9.47 Å². The monoisotopic (exact) mass is 284 g/mol. The summed E-state index contributed by atoms with van der Waals surface area (Å²) in [4.78, 5) is 0. The van der Waals surface area contributed by atoms with Crippen molar-refractivity contribution in [2.45, 2.75) is 6.10 Å². The Kier molecular flexibility index (Phi) is 3.54. The summed E-state index contributed by atoms with van der Waals surface area (Å²) in [7, 11) is 3.15. The van der Waals surface area contributed by atoms with E-state index in [2.05, 4.69) is 0 Å². The first-order valence-electron chi connectivity index (χ1n) is 6.61. The number of hydrogen-bond acceptors (Lipinski definition) is 4. The van der Waals surface area contributed by atoms with Crippen molar-refractivity contribution in [1.82, 2.24) is 0 Å². The zero-order valence-electron chi connectivity index (χ0n) is 11.9. The van der Waals surface area contributed by atoms with Crippen LogP contribution in [0, 0.1) is 0 Å². The Bertz CT molecular complexity index is 727. The number of methoxy groups -OCH3 is 2. The highest BCUT2D eigenvalue weighted by molar-refractivity contribution is 5.78. The number of hydrogen-bond donors (Lipinski definition) is 1. The fourth-order valence-corrected chi connectivity index (χ4v) is 2.34. The van der Waals surface area contributed by atoms with Crippen LogP contribution >= 0.6 is 0 Å². The fourth-order valence-electron chi connectivity index (χ4n) is 2.34. The van der Waals surface area contributed by atoms with Gasteiger partial charge in [-0.05, 0) is 30.3 Å². The van der Waals surface area contributed by atoms with Crippen LogP contribution in [0.4, 0.5) is 0 Å². The summed E-state index contributed by atoms with van der Waals surface area (Å²) in [5.41, 5.74) is 1.35. The van der Waals surface area contributed by atoms with E-state index in [-0.39, 0.29) is 0 Å². The zero-order valence-corrected chi connectivity index (χ0v) is 11.9. The Morgan fingerprint density at radius 2 is 1.81 bits per heavy atom. The van der Waals surface area contributed by atoms with Crippen molar-refractivity contribution in [1.29, 1.82) is 0 Å². The molecule has 0 bridgehead atoms. The summed E-state index contributed by atoms with van der Waals surface area (Å²) in [5, 5.41) is 11.5. The maximum Gasteiger partial charge on any atom is 0.140 e. The maximum absolute atomic E-state index is 10.6. The van der Waals surface area contributed by atoms with E-state index >= 15 is 0 Å². The van der Waals surface area contributed by atoms with E-state index in [0.29, 0.717) is 22.8 Å². The third-order valence-corrected chi connectivity index (χ3v) is 3.45. The second kappa shape index (κ2) is 5.50. The van der Waals surface area contributed by atoms with E-state index in [9.17, 15) is 5.11 Å². The normalized spacial score (nSPS) is 12.3. The van der Waals surface area contributed by atoms with Crippen LogP contribution in [0.25, 0.3) is 11.0 Å². The van der Waals surface area contributed by atoms with Gasteiger partial charge in [0.15, 0.2) is 0 Å². The lowest BCUT2D eigenvalue weighted by molar-refractivity contribution is 0.187. The molecular formula is C17H16O4. The van der Waals surface area contributed by atoms with Crippen LogP contribution in [0.5, 0.6) is 11.5 Å². The molecule has 0 amide bonds. The van der Waals surface area contributed by atoms with Gasteiger partial charge in [0.2, 0.25) is 0 Å². The van der Waals surface area contributed by atoms with Gasteiger partial charge in [0.05, 0.1) is 14.2 Å². The van der Waals surface area contributed by atoms with E-state index in [1.54, 1.807) is 32.4 Å². The number of benzene rings is 2. The molecule has 0 saturated heterocycles. The number of furan rings is 1. The number of para-hydroxylation sites is 1. The molecule has 0 saturated carbocycles. The number of aliphatic hydroxyl groups is 1. The van der Waals surface area contributed by atoms with E-state index in [1.165, 1.54) is 0 Å². The molecule has 1 aromatic heterocycles. The summed E-state index contributed by atoms with van der Waals surface area (Å²) < 4.78 is 16.2. The van der Waals surface area contributed by atoms with E-state index in [1.807, 2.05) is 30.3 Å². The van der Waals surface area contributed by atoms with Crippen LogP contribution in [0.15, 0.2) is 52.9 Å². The number of rotatable bonds is 4. The largest absolute Gasteiger partial charge is 0.497 e. The van der Waals surface area contributed by atoms with Gasteiger partial charge in [-0.15, -0.1) is 0 Å². The van der Waals surface area contributed by atoms with Crippen molar-refractivity contribution in [2.24, 2.45) is 0 Å². The molecule has 108 valence electrons. The van der Waals surface area contributed by atoms with Gasteiger partial charge >= 0.3 is 0 Å². The molecule has 1 heterocycles. The Hall–Kier alpha value is -2.46. The Morgan fingerprint density at radius 3 is 2.52 bits per heavy atom. The molecule has 4 heteroatoms. The summed E-state index contributed by atoms with van der Waals surface area (Å²) in [6.45, 7) is 0. The van der Waals surface area contributed by atoms with Gasteiger partial charge < -0.3 is 19.0 Å². The first-order valence-corrected chi connectivity index (χ1v) is 6.61. The van der Waals surface area contributed by atoms with Crippen molar-refractivity contribution in [3.63, 3.8) is 0 Å². The minimum Gasteiger partial charge on any atom is -0.497 e. The van der Waals surface area contributed by atoms with Gasteiger partial charge in [-0.2, -0.15) is 0 Å². The third kappa shape index (κ3) is 2.45. The van der Waals surface area contributed by atoms with E-state index in [4.69, 9.17) is 13.9 Å². The van der Waals surface area contributed by atoms with Crippen LogP contribution in [0.2, 0.25) is 0 Å². The SMILES string of the molecule is COc1ccc(OC)c(C(O)c2cc3ccccc3o2)c1. The lowest BCUT2D eigenvalue weighted by Gasteiger charge is -2.14. The average molecular weight is 284 g/mol. The number of ether oxygens (including phenoxy) is 2. The fraction of sp³-hybridized carbons (Fsp3) is 0.176. The molecular weight excluding hydrogens is 268 g/mol. The van der Waals surface area contributed by atoms with Gasteiger partial charge in [0.1, 0.15) is 28.9 Å². The maximum atomic E-state index is 10.6. The molecule has 0 fully saturated rings. The second-order valence-corrected chi connectivity index (χ2v) is 4.70. The topological polar surface area (TPSA) is 51.8 Å². The van der Waals surface area contributed by atoms with Crippen molar-refractivity contribution >= 4 is 11.0 Å². The molecule has 0 aliphatic heterocycles. The van der Waals surface area contributed by atoms with Gasteiger partial charge in [0, 0.05) is 10.9 Å². The summed E-state index contributed by atoms with van der Waals surface area (Å²) >= 11 is 0. The molecule has 21 heavy (non-hydrogen) atoms. The first kappa shape index (κ1) is 13.5. The molecule has 0 radical (unpaired) electrons. The highest BCUT2D eigenvalue weighted by Crippen LogP contribution is 2.35. The van der Waals surface area contributed by atoms with Crippen molar-refractivity contribution in [3.8, 4) is 11.5 Å². The standard InChI is InChI=1S/C17H16O4/c1-19-12-7-8-15(20-2)13(10-12)17(18)16-9-11-5-3-4-6-14(11)21-16/h3-10,17-18H,1-2H3. The molecule has 0 aliphatic carbocycles. The van der Waals surface area contributed by atoms with E-state index in [0.717, 1.165) is 11.0 Å². The van der Waals surface area contributed by atoms with Crippen LogP contribution in [0.1, 0.15) is 17.4 Å². The average Bonchev–Trinajstić information content (AvgIpc) is 2.97. The summed E-state index contributed by atoms with van der Waals surface area (Å²) in [6.07, 6.45) is -0.914. The van der Waals surface area contributed by atoms with E-state index < -0.39 is 6.10 Å².